The summed E-state index contributed by atoms with van der Waals surface area (Å²) in [5, 5.41) is 19.0. The number of benzene rings is 4. The molecule has 0 aliphatic carbocycles. The van der Waals surface area contributed by atoms with Crippen LogP contribution in [0.3, 0.4) is 0 Å². The smallest absolute Gasteiger partial charge is 0.335 e. The minimum absolute atomic E-state index is 0.0487. The van der Waals surface area contributed by atoms with Gasteiger partial charge in [-0.1, -0.05) is 119 Å². The minimum Gasteiger partial charge on any atom is -0.872 e. The summed E-state index contributed by atoms with van der Waals surface area (Å²) in [5.74, 6) is -1.62. The largest absolute Gasteiger partial charge is 0.872 e. The molecule has 0 fully saturated rings. The van der Waals surface area contributed by atoms with Gasteiger partial charge in [0.05, 0.1) is 16.5 Å². The SMILES string of the molecule is CCCCCCc1ccc([S+](c2ccccc2)c2ccc(CCCCCC)cc2)cc1.O=C(O)c1ccccc1[O-]. The fourth-order valence-corrected chi connectivity index (χ4v) is 6.77. The zero-order valence-electron chi connectivity index (χ0n) is 24.6. The Hall–Kier alpha value is -3.50. The third kappa shape index (κ3) is 10.8. The van der Waals surface area contributed by atoms with E-state index in [0.717, 1.165) is 0 Å². The number of carboxylic acids is 1. The average molecular weight is 569 g/mol. The first kappa shape index (κ1) is 32.0. The molecular weight excluding hydrogens is 524 g/mol. The third-order valence-electron chi connectivity index (χ3n) is 7.05. The predicted molar refractivity (Wildman–Crippen MR) is 170 cm³/mol. The van der Waals surface area contributed by atoms with Crippen LogP contribution in [0.4, 0.5) is 0 Å². The summed E-state index contributed by atoms with van der Waals surface area (Å²) in [6, 6.07) is 35.4. The normalized spacial score (nSPS) is 10.7. The van der Waals surface area contributed by atoms with Crippen LogP contribution in [0, 0.1) is 0 Å². The summed E-state index contributed by atoms with van der Waals surface area (Å²) in [6.45, 7) is 4.55. The van der Waals surface area contributed by atoms with E-state index in [0.29, 0.717) is 0 Å². The van der Waals surface area contributed by atoms with Crippen LogP contribution >= 0.6 is 0 Å². The molecule has 4 heteroatoms. The van der Waals surface area contributed by atoms with E-state index in [9.17, 15) is 9.90 Å². The van der Waals surface area contributed by atoms with Crippen molar-refractivity contribution in [3.8, 4) is 5.75 Å². The highest BCUT2D eigenvalue weighted by molar-refractivity contribution is 7.97. The van der Waals surface area contributed by atoms with Crippen molar-refractivity contribution in [3.63, 3.8) is 0 Å². The van der Waals surface area contributed by atoms with E-state index in [2.05, 4.69) is 92.7 Å². The molecule has 0 aromatic heterocycles. The Kier molecular flexibility index (Phi) is 14.1. The highest BCUT2D eigenvalue weighted by Crippen LogP contribution is 2.31. The molecule has 0 amide bonds. The van der Waals surface area contributed by atoms with Crippen molar-refractivity contribution in [1.29, 1.82) is 0 Å². The van der Waals surface area contributed by atoms with Crippen LogP contribution in [-0.2, 0) is 23.7 Å². The van der Waals surface area contributed by atoms with Crippen molar-refractivity contribution in [3.05, 3.63) is 120 Å². The quantitative estimate of drug-likeness (QED) is 0.122. The summed E-state index contributed by atoms with van der Waals surface area (Å²) in [4.78, 5) is 14.5. The van der Waals surface area contributed by atoms with Crippen LogP contribution in [0.25, 0.3) is 0 Å². The van der Waals surface area contributed by atoms with Crippen LogP contribution in [0.2, 0.25) is 0 Å². The van der Waals surface area contributed by atoms with E-state index < -0.39 is 11.7 Å². The van der Waals surface area contributed by atoms with Gasteiger partial charge in [-0.3, -0.25) is 0 Å². The number of para-hydroxylation sites is 1. The Morgan fingerprint density at radius 2 is 1.02 bits per heavy atom. The molecule has 0 bridgehead atoms. The number of hydrogen-bond donors (Lipinski definition) is 1. The van der Waals surface area contributed by atoms with E-state index in [1.54, 1.807) is 0 Å². The summed E-state index contributed by atoms with van der Waals surface area (Å²) < 4.78 is 0. The van der Waals surface area contributed by atoms with Gasteiger partial charge in [0.1, 0.15) is 0 Å². The fourth-order valence-electron chi connectivity index (χ4n) is 4.70. The summed E-state index contributed by atoms with van der Waals surface area (Å²) in [7, 11) is -0.0487. The third-order valence-corrected chi connectivity index (χ3v) is 9.28. The van der Waals surface area contributed by atoms with E-state index in [1.807, 2.05) is 0 Å². The average Bonchev–Trinajstić information content (AvgIpc) is 3.00. The van der Waals surface area contributed by atoms with Gasteiger partial charge in [-0.2, -0.15) is 0 Å². The molecule has 3 nitrogen and oxygen atoms in total. The Labute approximate surface area is 249 Å². The lowest BCUT2D eigenvalue weighted by Crippen LogP contribution is -2.05. The standard InChI is InChI=1S/C30H39S.C7H6O3/c1-3-5-7-10-14-26-18-22-29(23-19-26)31(28-16-12-9-13-17-28)30-24-20-27(21-25-30)15-11-8-6-4-2;8-6-4-2-1-3-5(6)7(9)10/h9,12-13,16-25H,3-8,10-11,14-15H2,1-2H3;1-4,8H,(H,9,10)/q+1;/p-1. The number of rotatable bonds is 14. The first-order chi connectivity index (χ1) is 20.0. The number of unbranched alkanes of at least 4 members (excludes halogenated alkanes) is 6. The Balaban J connectivity index is 0.000000389. The lowest BCUT2D eigenvalue weighted by molar-refractivity contribution is -0.268. The molecule has 0 aliphatic rings. The number of aromatic carboxylic acids is 1. The van der Waals surface area contributed by atoms with Crippen molar-refractivity contribution < 1.29 is 15.0 Å². The molecule has 0 saturated heterocycles. The maximum Gasteiger partial charge on any atom is 0.335 e. The zero-order valence-corrected chi connectivity index (χ0v) is 25.4. The van der Waals surface area contributed by atoms with E-state index >= 15 is 0 Å². The van der Waals surface area contributed by atoms with Gasteiger partial charge in [0, 0.05) is 0 Å². The molecule has 1 N–H and O–H groups in total. The minimum atomic E-state index is -1.18. The number of aryl methyl sites for hydroxylation is 2. The van der Waals surface area contributed by atoms with E-state index in [1.165, 1.54) is 114 Å². The van der Waals surface area contributed by atoms with Crippen molar-refractivity contribution in [2.45, 2.75) is 92.7 Å². The molecule has 0 unspecified atom stereocenters. The highest BCUT2D eigenvalue weighted by Gasteiger charge is 2.28. The molecule has 0 atom stereocenters. The van der Waals surface area contributed by atoms with Crippen LogP contribution in [0.5, 0.6) is 5.75 Å². The van der Waals surface area contributed by atoms with Gasteiger partial charge in [0.25, 0.3) is 0 Å². The van der Waals surface area contributed by atoms with E-state index in [-0.39, 0.29) is 16.5 Å². The number of carboxylic acid groups (broad SMARTS) is 1. The van der Waals surface area contributed by atoms with Gasteiger partial charge in [0.15, 0.2) is 14.7 Å². The molecule has 0 radical (unpaired) electrons. The molecule has 216 valence electrons. The Morgan fingerprint density at radius 3 is 1.44 bits per heavy atom. The zero-order chi connectivity index (χ0) is 29.3. The number of hydrogen-bond acceptors (Lipinski definition) is 2. The van der Waals surface area contributed by atoms with Crippen LogP contribution in [-0.4, -0.2) is 11.1 Å². The molecule has 0 spiro atoms. The van der Waals surface area contributed by atoms with Crippen LogP contribution in [0.1, 0.15) is 86.7 Å². The monoisotopic (exact) mass is 568 g/mol. The topological polar surface area (TPSA) is 60.4 Å². The lowest BCUT2D eigenvalue weighted by Gasteiger charge is -2.10. The van der Waals surface area contributed by atoms with Crippen molar-refractivity contribution in [2.24, 2.45) is 0 Å². The predicted octanol–water partition coefficient (Wildman–Crippen LogP) is 9.49. The molecule has 0 heterocycles. The van der Waals surface area contributed by atoms with Gasteiger partial charge < -0.3 is 10.2 Å². The van der Waals surface area contributed by atoms with Gasteiger partial charge >= 0.3 is 5.97 Å². The van der Waals surface area contributed by atoms with Crippen molar-refractivity contribution >= 4 is 16.9 Å². The Morgan fingerprint density at radius 1 is 0.585 bits per heavy atom. The highest BCUT2D eigenvalue weighted by atomic mass is 32.2. The fraction of sp³-hybridized carbons (Fsp3) is 0.324. The number of carbonyl (C=O) groups is 1. The first-order valence-corrected chi connectivity index (χ1v) is 16.2. The molecule has 0 saturated carbocycles. The van der Waals surface area contributed by atoms with Crippen molar-refractivity contribution in [1.82, 2.24) is 0 Å². The van der Waals surface area contributed by atoms with E-state index in [4.69, 9.17) is 5.11 Å². The van der Waals surface area contributed by atoms with Gasteiger partial charge in [-0.05, 0) is 79.3 Å². The van der Waals surface area contributed by atoms with Crippen molar-refractivity contribution in [2.75, 3.05) is 0 Å². The maximum absolute atomic E-state index is 10.7. The second-order valence-corrected chi connectivity index (χ2v) is 12.4. The summed E-state index contributed by atoms with van der Waals surface area (Å²) in [6.07, 6.45) is 13.0. The van der Waals surface area contributed by atoms with Crippen LogP contribution < -0.4 is 5.11 Å². The second-order valence-electron chi connectivity index (χ2n) is 10.3. The summed E-state index contributed by atoms with van der Waals surface area (Å²) in [5.41, 5.74) is 2.76. The molecular formula is C37H44O3S. The van der Waals surface area contributed by atoms with Gasteiger partial charge in [-0.25, -0.2) is 4.79 Å². The van der Waals surface area contributed by atoms with Crippen LogP contribution in [0.15, 0.2) is 118 Å². The van der Waals surface area contributed by atoms with Gasteiger partial charge in [-0.15, -0.1) is 0 Å². The second kappa shape index (κ2) is 18.0. The molecule has 41 heavy (non-hydrogen) atoms. The lowest BCUT2D eigenvalue weighted by atomic mass is 10.1. The Bertz CT molecular complexity index is 1230. The molecule has 4 aromatic carbocycles. The summed E-state index contributed by atoms with van der Waals surface area (Å²) >= 11 is 0. The molecule has 4 aromatic rings. The molecule has 4 rings (SSSR count). The van der Waals surface area contributed by atoms with Gasteiger partial charge in [0.2, 0.25) is 0 Å². The first-order valence-electron chi connectivity index (χ1n) is 15.0. The molecule has 0 aliphatic heterocycles. The maximum atomic E-state index is 10.7.